The number of anilines is 1. The molecule has 0 radical (unpaired) electrons. The second-order valence-corrected chi connectivity index (χ2v) is 7.62. The summed E-state index contributed by atoms with van der Waals surface area (Å²) in [5, 5.41) is 2.98. The van der Waals surface area contributed by atoms with Gasteiger partial charge in [-0.2, -0.15) is 0 Å². The SMILES string of the molecule is CCC1CCCc2[nH]c(C=C3C(=O)Nc4ccc(Br)c(C)c43)cc21. The minimum absolute atomic E-state index is 0.0224. The number of nitrogens with one attached hydrogen (secondary N) is 2. The summed E-state index contributed by atoms with van der Waals surface area (Å²) in [6.07, 6.45) is 6.81. The minimum Gasteiger partial charge on any atom is -0.359 e. The maximum atomic E-state index is 12.5. The van der Waals surface area contributed by atoms with Crippen LogP contribution in [-0.2, 0) is 11.2 Å². The smallest absolute Gasteiger partial charge is 0.256 e. The molecule has 1 aromatic carbocycles. The molecule has 2 heterocycles. The quantitative estimate of drug-likeness (QED) is 0.668. The molecule has 3 nitrogen and oxygen atoms in total. The van der Waals surface area contributed by atoms with E-state index in [2.05, 4.69) is 39.2 Å². The lowest BCUT2D eigenvalue weighted by atomic mass is 9.85. The molecule has 4 rings (SSSR count). The highest BCUT2D eigenvalue weighted by atomic mass is 79.9. The number of rotatable bonds is 2. The van der Waals surface area contributed by atoms with Crippen molar-refractivity contribution in [2.45, 2.75) is 45.4 Å². The largest absolute Gasteiger partial charge is 0.359 e. The van der Waals surface area contributed by atoms with E-state index < -0.39 is 0 Å². The van der Waals surface area contributed by atoms with Crippen LogP contribution < -0.4 is 5.32 Å². The van der Waals surface area contributed by atoms with Crippen LogP contribution in [0.1, 0.15) is 60.2 Å². The maximum absolute atomic E-state index is 12.5. The van der Waals surface area contributed by atoms with Gasteiger partial charge in [0.15, 0.2) is 0 Å². The van der Waals surface area contributed by atoms with Crippen molar-refractivity contribution in [3.8, 4) is 0 Å². The zero-order valence-electron chi connectivity index (χ0n) is 14.0. The van der Waals surface area contributed by atoms with E-state index in [9.17, 15) is 4.79 Å². The first-order valence-electron chi connectivity index (χ1n) is 8.62. The van der Waals surface area contributed by atoms with Crippen molar-refractivity contribution in [2.75, 3.05) is 5.32 Å². The third-order valence-electron chi connectivity index (χ3n) is 5.33. The van der Waals surface area contributed by atoms with Crippen molar-refractivity contribution < 1.29 is 4.79 Å². The number of hydrogen-bond acceptors (Lipinski definition) is 1. The number of benzene rings is 1. The van der Waals surface area contributed by atoms with Crippen LogP contribution in [-0.4, -0.2) is 10.9 Å². The van der Waals surface area contributed by atoms with E-state index in [-0.39, 0.29) is 5.91 Å². The number of fused-ring (bicyclic) bond motifs is 2. The number of aryl methyl sites for hydroxylation is 1. The number of H-pyrrole nitrogens is 1. The molecule has 1 amide bonds. The van der Waals surface area contributed by atoms with Crippen LogP contribution in [0.25, 0.3) is 11.6 Å². The molecule has 0 saturated heterocycles. The number of carbonyl (C=O) groups is 1. The summed E-state index contributed by atoms with van der Waals surface area (Å²) in [6, 6.07) is 6.18. The molecule has 0 spiro atoms. The van der Waals surface area contributed by atoms with Crippen molar-refractivity contribution in [3.63, 3.8) is 0 Å². The highest BCUT2D eigenvalue weighted by Crippen LogP contribution is 2.39. The molecule has 2 aliphatic rings. The van der Waals surface area contributed by atoms with Crippen molar-refractivity contribution in [1.82, 2.24) is 4.98 Å². The van der Waals surface area contributed by atoms with Crippen molar-refractivity contribution >= 4 is 39.2 Å². The standard InChI is InChI=1S/C20H21BrN2O/c1-3-12-5-4-6-17-14(12)9-13(22-17)10-15-19-11(2)16(21)7-8-18(19)23-20(15)24/h7-10,12,22H,3-6H2,1-2H3,(H,23,24). The number of carbonyl (C=O) groups excluding carboxylic acids is 1. The summed E-state index contributed by atoms with van der Waals surface area (Å²) in [7, 11) is 0. The van der Waals surface area contributed by atoms with Gasteiger partial charge in [-0.25, -0.2) is 0 Å². The third-order valence-corrected chi connectivity index (χ3v) is 6.19. The van der Waals surface area contributed by atoms with Gasteiger partial charge in [-0.1, -0.05) is 22.9 Å². The van der Waals surface area contributed by atoms with Gasteiger partial charge in [0.2, 0.25) is 0 Å². The fourth-order valence-corrected chi connectivity index (χ4v) is 4.36. The van der Waals surface area contributed by atoms with Gasteiger partial charge in [-0.05, 0) is 73.9 Å². The lowest BCUT2D eigenvalue weighted by Gasteiger charge is -2.20. The normalized spacial score (nSPS) is 20.9. The Balaban J connectivity index is 1.80. The van der Waals surface area contributed by atoms with E-state index in [0.717, 1.165) is 39.0 Å². The number of aromatic nitrogens is 1. The van der Waals surface area contributed by atoms with Gasteiger partial charge < -0.3 is 10.3 Å². The first kappa shape index (κ1) is 15.7. The Labute approximate surface area is 150 Å². The van der Waals surface area contributed by atoms with Crippen LogP contribution in [0.4, 0.5) is 5.69 Å². The van der Waals surface area contributed by atoms with Gasteiger partial charge in [0.25, 0.3) is 5.91 Å². The Hall–Kier alpha value is -1.81. The van der Waals surface area contributed by atoms with Gasteiger partial charge in [0, 0.05) is 27.1 Å². The molecule has 0 saturated carbocycles. The van der Waals surface area contributed by atoms with Crippen LogP contribution >= 0.6 is 15.9 Å². The molecule has 1 unspecified atom stereocenters. The van der Waals surface area contributed by atoms with E-state index in [4.69, 9.17) is 0 Å². The number of amides is 1. The molecule has 24 heavy (non-hydrogen) atoms. The summed E-state index contributed by atoms with van der Waals surface area (Å²) >= 11 is 3.57. The van der Waals surface area contributed by atoms with Gasteiger partial charge in [-0.3, -0.25) is 4.79 Å². The lowest BCUT2D eigenvalue weighted by molar-refractivity contribution is -0.110. The molecular formula is C20H21BrN2O. The Bertz CT molecular complexity index is 863. The summed E-state index contributed by atoms with van der Waals surface area (Å²) in [5.41, 5.74) is 7.58. The summed E-state index contributed by atoms with van der Waals surface area (Å²) in [6.45, 7) is 4.30. The highest BCUT2D eigenvalue weighted by Gasteiger charge is 2.27. The second kappa shape index (κ2) is 5.92. The van der Waals surface area contributed by atoms with E-state index >= 15 is 0 Å². The zero-order chi connectivity index (χ0) is 16.8. The molecular weight excluding hydrogens is 364 g/mol. The molecule has 2 N–H and O–H groups in total. The summed E-state index contributed by atoms with van der Waals surface area (Å²) < 4.78 is 1.03. The Morgan fingerprint density at radius 3 is 3.00 bits per heavy atom. The van der Waals surface area contributed by atoms with Crippen molar-refractivity contribution in [3.05, 3.63) is 50.8 Å². The molecule has 1 aromatic heterocycles. The first-order valence-corrected chi connectivity index (χ1v) is 9.42. The monoisotopic (exact) mass is 384 g/mol. The topological polar surface area (TPSA) is 44.9 Å². The van der Waals surface area contributed by atoms with Gasteiger partial charge >= 0.3 is 0 Å². The summed E-state index contributed by atoms with van der Waals surface area (Å²) in [5.74, 6) is 0.628. The highest BCUT2D eigenvalue weighted by molar-refractivity contribution is 9.10. The molecule has 2 aromatic rings. The fraction of sp³-hybridized carbons (Fsp3) is 0.350. The first-order chi connectivity index (χ1) is 11.6. The number of halogens is 1. The number of aromatic amines is 1. The van der Waals surface area contributed by atoms with Crippen LogP contribution in [0.5, 0.6) is 0 Å². The average Bonchev–Trinajstić information content (AvgIpc) is 3.12. The van der Waals surface area contributed by atoms with Crippen molar-refractivity contribution in [1.29, 1.82) is 0 Å². The second-order valence-electron chi connectivity index (χ2n) is 6.76. The molecule has 1 aliphatic heterocycles. The average molecular weight is 385 g/mol. The lowest BCUT2D eigenvalue weighted by Crippen LogP contribution is -2.07. The van der Waals surface area contributed by atoms with E-state index in [0.29, 0.717) is 5.92 Å². The minimum atomic E-state index is -0.0224. The molecule has 0 fully saturated rings. The zero-order valence-corrected chi connectivity index (χ0v) is 15.6. The molecule has 1 atom stereocenters. The van der Waals surface area contributed by atoms with Crippen LogP contribution in [0.15, 0.2) is 22.7 Å². The van der Waals surface area contributed by atoms with E-state index in [1.807, 2.05) is 25.1 Å². The predicted molar refractivity (Wildman–Crippen MR) is 102 cm³/mol. The van der Waals surface area contributed by atoms with Crippen LogP contribution in [0, 0.1) is 6.92 Å². The predicted octanol–water partition coefficient (Wildman–Crippen LogP) is 5.41. The maximum Gasteiger partial charge on any atom is 0.256 e. The number of hydrogen-bond donors (Lipinski definition) is 2. The summed E-state index contributed by atoms with van der Waals surface area (Å²) in [4.78, 5) is 16.0. The van der Waals surface area contributed by atoms with Crippen molar-refractivity contribution in [2.24, 2.45) is 0 Å². The fourth-order valence-electron chi connectivity index (χ4n) is 4.02. The third kappa shape index (κ3) is 2.44. The van der Waals surface area contributed by atoms with Gasteiger partial charge in [-0.15, -0.1) is 0 Å². The van der Waals surface area contributed by atoms with Crippen LogP contribution in [0.2, 0.25) is 0 Å². The van der Waals surface area contributed by atoms with Crippen LogP contribution in [0.3, 0.4) is 0 Å². The Morgan fingerprint density at radius 1 is 1.38 bits per heavy atom. The van der Waals surface area contributed by atoms with E-state index in [1.165, 1.54) is 30.5 Å². The van der Waals surface area contributed by atoms with Gasteiger partial charge in [0.05, 0.1) is 5.57 Å². The molecule has 0 bridgehead atoms. The Morgan fingerprint density at radius 2 is 2.21 bits per heavy atom. The molecule has 4 heteroatoms. The molecule has 124 valence electrons. The van der Waals surface area contributed by atoms with Gasteiger partial charge in [0.1, 0.15) is 0 Å². The van der Waals surface area contributed by atoms with E-state index in [1.54, 1.807) is 0 Å². The molecule has 1 aliphatic carbocycles. The Kier molecular flexibility index (Phi) is 3.87.